The lowest BCUT2D eigenvalue weighted by Crippen LogP contribution is -2.35. The van der Waals surface area contributed by atoms with E-state index in [1.807, 2.05) is 0 Å². The van der Waals surface area contributed by atoms with Gasteiger partial charge in [-0.3, -0.25) is 0 Å². The molecule has 1 aromatic rings. The molecule has 2 rings (SSSR count). The van der Waals surface area contributed by atoms with Gasteiger partial charge in [0.05, 0.1) is 5.38 Å². The van der Waals surface area contributed by atoms with Gasteiger partial charge >= 0.3 is 0 Å². The molecule has 0 aromatic heterocycles. The summed E-state index contributed by atoms with van der Waals surface area (Å²) >= 11 is 6.74. The van der Waals surface area contributed by atoms with Crippen molar-refractivity contribution in [2.45, 2.75) is 64.3 Å². The fraction of sp³-hybridized carbons (Fsp3) is 0.667. The highest BCUT2D eigenvalue weighted by Gasteiger charge is 2.22. The van der Waals surface area contributed by atoms with Gasteiger partial charge in [-0.2, -0.15) is 0 Å². The lowest BCUT2D eigenvalue weighted by Gasteiger charge is -2.33. The zero-order valence-electron chi connectivity index (χ0n) is 13.4. The average Bonchev–Trinajstić information content (AvgIpc) is 2.38. The van der Waals surface area contributed by atoms with Crippen LogP contribution < -0.4 is 0 Å². The van der Waals surface area contributed by atoms with Crippen molar-refractivity contribution in [1.82, 2.24) is 4.90 Å². The van der Waals surface area contributed by atoms with Crippen LogP contribution in [0.2, 0.25) is 0 Å². The number of rotatable bonds is 4. The van der Waals surface area contributed by atoms with Gasteiger partial charge < -0.3 is 4.90 Å². The van der Waals surface area contributed by atoms with Crippen LogP contribution in [0.5, 0.6) is 0 Å². The van der Waals surface area contributed by atoms with E-state index in [1.54, 1.807) is 0 Å². The molecule has 1 nitrogen and oxygen atoms in total. The van der Waals surface area contributed by atoms with E-state index < -0.39 is 0 Å². The first kappa shape index (κ1) is 15.9. The van der Waals surface area contributed by atoms with Gasteiger partial charge in [-0.1, -0.05) is 37.0 Å². The molecule has 0 aliphatic heterocycles. The minimum Gasteiger partial charge on any atom is -0.302 e. The lowest BCUT2D eigenvalue weighted by atomic mass is 9.93. The van der Waals surface area contributed by atoms with Gasteiger partial charge in [-0.05, 0) is 57.4 Å². The van der Waals surface area contributed by atoms with Gasteiger partial charge in [0, 0.05) is 12.6 Å². The Morgan fingerprint density at radius 1 is 1.10 bits per heavy atom. The van der Waals surface area contributed by atoms with Crippen molar-refractivity contribution >= 4 is 11.6 Å². The number of nitrogens with zero attached hydrogens (tertiary/aromatic N) is 1. The zero-order chi connectivity index (χ0) is 14.7. The molecular weight excluding hydrogens is 266 g/mol. The first-order chi connectivity index (χ1) is 9.49. The van der Waals surface area contributed by atoms with Crippen LogP contribution in [-0.2, 0) is 0 Å². The van der Waals surface area contributed by atoms with Gasteiger partial charge in [-0.15, -0.1) is 11.6 Å². The van der Waals surface area contributed by atoms with Crippen LogP contribution in [0.1, 0.15) is 59.7 Å². The van der Waals surface area contributed by atoms with Crippen LogP contribution in [0.3, 0.4) is 0 Å². The van der Waals surface area contributed by atoms with Crippen LogP contribution in [0.15, 0.2) is 12.1 Å². The van der Waals surface area contributed by atoms with Crippen molar-refractivity contribution in [3.8, 4) is 0 Å². The second-order valence-electron chi connectivity index (χ2n) is 6.51. The third kappa shape index (κ3) is 3.77. The molecule has 1 aliphatic carbocycles. The monoisotopic (exact) mass is 293 g/mol. The van der Waals surface area contributed by atoms with Crippen molar-refractivity contribution < 1.29 is 0 Å². The van der Waals surface area contributed by atoms with Crippen molar-refractivity contribution in [2.24, 2.45) is 0 Å². The van der Waals surface area contributed by atoms with Crippen molar-refractivity contribution in [1.29, 1.82) is 0 Å². The first-order valence-electron chi connectivity index (χ1n) is 7.91. The Balaban J connectivity index is 2.06. The zero-order valence-corrected chi connectivity index (χ0v) is 14.1. The third-order valence-corrected chi connectivity index (χ3v) is 5.05. The number of aryl methyl sites for hydroxylation is 3. The summed E-state index contributed by atoms with van der Waals surface area (Å²) in [5.74, 6) is 0. The topological polar surface area (TPSA) is 3.24 Å². The number of benzene rings is 1. The summed E-state index contributed by atoms with van der Waals surface area (Å²) < 4.78 is 0. The Bertz CT molecular complexity index is 426. The summed E-state index contributed by atoms with van der Waals surface area (Å²) in [4.78, 5) is 2.48. The van der Waals surface area contributed by atoms with E-state index >= 15 is 0 Å². The highest BCUT2D eigenvalue weighted by molar-refractivity contribution is 6.21. The number of hydrogen-bond acceptors (Lipinski definition) is 1. The predicted molar refractivity (Wildman–Crippen MR) is 88.8 cm³/mol. The summed E-state index contributed by atoms with van der Waals surface area (Å²) in [5, 5.41) is 0.0996. The SMILES string of the molecule is Cc1cc(C)c(C(Cl)CN(C)C2CCCCC2)c(C)c1. The Kier molecular flexibility index (Phi) is 5.51. The van der Waals surface area contributed by atoms with Gasteiger partial charge in [-0.25, -0.2) is 0 Å². The molecule has 1 aromatic carbocycles. The summed E-state index contributed by atoms with van der Waals surface area (Å²) in [5.41, 5.74) is 5.33. The minimum atomic E-state index is 0.0996. The molecule has 0 bridgehead atoms. The number of hydrogen-bond donors (Lipinski definition) is 0. The van der Waals surface area contributed by atoms with Gasteiger partial charge in [0.1, 0.15) is 0 Å². The van der Waals surface area contributed by atoms with Gasteiger partial charge in [0.2, 0.25) is 0 Å². The second-order valence-corrected chi connectivity index (χ2v) is 7.04. The van der Waals surface area contributed by atoms with Crippen LogP contribution in [-0.4, -0.2) is 24.5 Å². The van der Waals surface area contributed by atoms with Crippen LogP contribution in [0.25, 0.3) is 0 Å². The highest BCUT2D eigenvalue weighted by Crippen LogP contribution is 2.31. The normalized spacial score (nSPS) is 18.5. The van der Waals surface area contributed by atoms with E-state index in [0.717, 1.165) is 12.6 Å². The predicted octanol–water partition coefficient (Wildman–Crippen LogP) is 5.16. The molecule has 1 aliphatic rings. The molecule has 1 fully saturated rings. The second kappa shape index (κ2) is 6.95. The summed E-state index contributed by atoms with van der Waals surface area (Å²) in [6, 6.07) is 5.23. The molecule has 1 saturated carbocycles. The summed E-state index contributed by atoms with van der Waals surface area (Å²) in [6.07, 6.45) is 6.85. The molecule has 0 N–H and O–H groups in total. The van der Waals surface area contributed by atoms with Crippen molar-refractivity contribution in [3.63, 3.8) is 0 Å². The molecular formula is C18H28ClN. The van der Waals surface area contributed by atoms with Crippen LogP contribution in [0, 0.1) is 20.8 Å². The molecule has 0 heterocycles. The van der Waals surface area contributed by atoms with Gasteiger partial charge in [0.25, 0.3) is 0 Å². The van der Waals surface area contributed by atoms with Crippen LogP contribution >= 0.6 is 11.6 Å². The molecule has 0 radical (unpaired) electrons. The summed E-state index contributed by atoms with van der Waals surface area (Å²) in [7, 11) is 2.24. The molecule has 0 saturated heterocycles. The fourth-order valence-corrected chi connectivity index (χ4v) is 4.26. The minimum absolute atomic E-state index is 0.0996. The Hall–Kier alpha value is -0.530. The molecule has 20 heavy (non-hydrogen) atoms. The fourth-order valence-electron chi connectivity index (χ4n) is 3.70. The number of alkyl halides is 1. The average molecular weight is 294 g/mol. The van der Waals surface area contributed by atoms with E-state index in [9.17, 15) is 0 Å². The Labute approximate surface area is 129 Å². The Morgan fingerprint density at radius 2 is 1.65 bits per heavy atom. The van der Waals surface area contributed by atoms with E-state index in [2.05, 4.69) is 44.9 Å². The molecule has 2 heteroatoms. The van der Waals surface area contributed by atoms with Crippen LogP contribution in [0.4, 0.5) is 0 Å². The number of likely N-dealkylation sites (N-methyl/N-ethyl adjacent to an activating group) is 1. The summed E-state index contributed by atoms with van der Waals surface area (Å²) in [6.45, 7) is 7.48. The Morgan fingerprint density at radius 3 is 2.20 bits per heavy atom. The highest BCUT2D eigenvalue weighted by atomic mass is 35.5. The molecule has 1 atom stereocenters. The maximum atomic E-state index is 6.74. The quantitative estimate of drug-likeness (QED) is 0.693. The number of halogens is 1. The molecule has 0 amide bonds. The molecule has 0 spiro atoms. The maximum absolute atomic E-state index is 6.74. The first-order valence-corrected chi connectivity index (χ1v) is 8.34. The van der Waals surface area contributed by atoms with E-state index in [4.69, 9.17) is 11.6 Å². The molecule has 112 valence electrons. The smallest absolute Gasteiger partial charge is 0.0717 e. The third-order valence-electron chi connectivity index (χ3n) is 4.70. The van der Waals surface area contributed by atoms with E-state index in [-0.39, 0.29) is 5.38 Å². The molecule has 1 unspecified atom stereocenters. The van der Waals surface area contributed by atoms with Crippen molar-refractivity contribution in [3.05, 3.63) is 34.4 Å². The van der Waals surface area contributed by atoms with Gasteiger partial charge in [0.15, 0.2) is 0 Å². The van der Waals surface area contributed by atoms with Crippen molar-refractivity contribution in [2.75, 3.05) is 13.6 Å². The lowest BCUT2D eigenvalue weighted by molar-refractivity contribution is 0.191. The maximum Gasteiger partial charge on any atom is 0.0717 e. The largest absolute Gasteiger partial charge is 0.302 e. The standard InChI is InChI=1S/C18H28ClN/c1-13-10-14(2)18(15(3)11-13)17(19)12-20(4)16-8-6-5-7-9-16/h10-11,16-17H,5-9,12H2,1-4H3. The van der Waals surface area contributed by atoms with E-state index in [0.29, 0.717) is 0 Å². The van der Waals surface area contributed by atoms with E-state index in [1.165, 1.54) is 54.4 Å².